The lowest BCUT2D eigenvalue weighted by Gasteiger charge is -2.13. The molecule has 4 heteroatoms. The minimum absolute atomic E-state index is 0.0453. The SMILES string of the molecule is CCCn1ccnc1CC(N)c1ccc(C)nc1. The lowest BCUT2D eigenvalue weighted by Crippen LogP contribution is -2.16. The largest absolute Gasteiger partial charge is 0.335 e. The van der Waals surface area contributed by atoms with Crippen LogP contribution in [0.4, 0.5) is 0 Å². The van der Waals surface area contributed by atoms with Crippen molar-refractivity contribution in [1.82, 2.24) is 14.5 Å². The minimum Gasteiger partial charge on any atom is -0.335 e. The fourth-order valence-corrected chi connectivity index (χ4v) is 1.99. The fraction of sp³-hybridized carbons (Fsp3) is 0.429. The maximum Gasteiger partial charge on any atom is 0.110 e. The first kappa shape index (κ1) is 12.8. The van der Waals surface area contributed by atoms with E-state index in [9.17, 15) is 0 Å². The van der Waals surface area contributed by atoms with Crippen molar-refractivity contribution in [2.24, 2.45) is 5.73 Å². The van der Waals surface area contributed by atoms with Crippen molar-refractivity contribution in [3.05, 3.63) is 47.8 Å². The minimum atomic E-state index is -0.0453. The Morgan fingerprint density at radius 2 is 2.17 bits per heavy atom. The molecule has 0 fully saturated rings. The van der Waals surface area contributed by atoms with Gasteiger partial charge >= 0.3 is 0 Å². The first-order chi connectivity index (χ1) is 8.70. The standard InChI is InChI=1S/C14H20N4/c1-3-7-18-8-6-16-14(18)9-13(15)12-5-4-11(2)17-10-12/h4-6,8,10,13H,3,7,9,15H2,1-2H3. The average Bonchev–Trinajstić information content (AvgIpc) is 2.78. The summed E-state index contributed by atoms with van der Waals surface area (Å²) >= 11 is 0. The molecule has 1 unspecified atom stereocenters. The molecular formula is C14H20N4. The summed E-state index contributed by atoms with van der Waals surface area (Å²) < 4.78 is 2.17. The Hall–Kier alpha value is -1.68. The quantitative estimate of drug-likeness (QED) is 0.877. The molecule has 0 aliphatic heterocycles. The number of aryl methyl sites for hydroxylation is 2. The van der Waals surface area contributed by atoms with E-state index >= 15 is 0 Å². The number of rotatable bonds is 5. The molecule has 2 N–H and O–H groups in total. The molecule has 4 nitrogen and oxygen atoms in total. The van der Waals surface area contributed by atoms with Gasteiger partial charge in [0.15, 0.2) is 0 Å². The summed E-state index contributed by atoms with van der Waals surface area (Å²) in [5.41, 5.74) is 8.28. The fourth-order valence-electron chi connectivity index (χ4n) is 1.99. The summed E-state index contributed by atoms with van der Waals surface area (Å²) in [7, 11) is 0. The van der Waals surface area contributed by atoms with Crippen LogP contribution in [0.1, 0.15) is 36.5 Å². The Balaban J connectivity index is 2.08. The molecule has 1 atom stereocenters. The van der Waals surface area contributed by atoms with E-state index in [-0.39, 0.29) is 6.04 Å². The number of imidazole rings is 1. The van der Waals surface area contributed by atoms with Gasteiger partial charge in [-0.1, -0.05) is 13.0 Å². The Bertz CT molecular complexity index is 487. The van der Waals surface area contributed by atoms with Gasteiger partial charge < -0.3 is 10.3 Å². The monoisotopic (exact) mass is 244 g/mol. The van der Waals surface area contributed by atoms with Crippen molar-refractivity contribution < 1.29 is 0 Å². The van der Waals surface area contributed by atoms with Gasteiger partial charge in [0.1, 0.15) is 5.82 Å². The van der Waals surface area contributed by atoms with Crippen molar-refractivity contribution >= 4 is 0 Å². The van der Waals surface area contributed by atoms with E-state index in [4.69, 9.17) is 5.73 Å². The summed E-state index contributed by atoms with van der Waals surface area (Å²) in [5, 5.41) is 0. The van der Waals surface area contributed by atoms with Crippen molar-refractivity contribution in [2.45, 2.75) is 39.3 Å². The van der Waals surface area contributed by atoms with Crippen LogP contribution in [-0.2, 0) is 13.0 Å². The molecule has 96 valence electrons. The van der Waals surface area contributed by atoms with Crippen LogP contribution in [0.5, 0.6) is 0 Å². The zero-order chi connectivity index (χ0) is 13.0. The normalized spacial score (nSPS) is 12.6. The topological polar surface area (TPSA) is 56.7 Å². The van der Waals surface area contributed by atoms with Crippen LogP contribution in [-0.4, -0.2) is 14.5 Å². The number of aromatic nitrogens is 3. The van der Waals surface area contributed by atoms with Gasteiger partial charge in [-0.3, -0.25) is 4.98 Å². The van der Waals surface area contributed by atoms with E-state index < -0.39 is 0 Å². The molecule has 0 bridgehead atoms. The third-order valence-electron chi connectivity index (χ3n) is 3.03. The first-order valence-corrected chi connectivity index (χ1v) is 6.39. The summed E-state index contributed by atoms with van der Waals surface area (Å²) in [6.45, 7) is 5.13. The molecule has 0 aromatic carbocycles. The maximum absolute atomic E-state index is 6.21. The molecule has 2 heterocycles. The van der Waals surface area contributed by atoms with E-state index in [1.165, 1.54) is 0 Å². The maximum atomic E-state index is 6.21. The van der Waals surface area contributed by atoms with Crippen LogP contribution < -0.4 is 5.73 Å². The van der Waals surface area contributed by atoms with Gasteiger partial charge in [0.05, 0.1) is 0 Å². The molecule has 0 radical (unpaired) electrons. The summed E-state index contributed by atoms with van der Waals surface area (Å²) in [5.74, 6) is 1.05. The smallest absolute Gasteiger partial charge is 0.110 e. The van der Waals surface area contributed by atoms with Gasteiger partial charge in [0.25, 0.3) is 0 Å². The van der Waals surface area contributed by atoms with E-state index in [1.807, 2.05) is 37.6 Å². The molecule has 0 spiro atoms. The van der Waals surface area contributed by atoms with Gasteiger partial charge in [-0.2, -0.15) is 0 Å². The molecular weight excluding hydrogens is 224 g/mol. The average molecular weight is 244 g/mol. The molecule has 2 aromatic rings. The number of nitrogens with zero attached hydrogens (tertiary/aromatic N) is 3. The Labute approximate surface area is 108 Å². The Kier molecular flexibility index (Phi) is 4.10. The van der Waals surface area contributed by atoms with Crippen molar-refractivity contribution in [2.75, 3.05) is 0 Å². The highest BCUT2D eigenvalue weighted by Crippen LogP contribution is 2.14. The van der Waals surface area contributed by atoms with Crippen LogP contribution in [0.2, 0.25) is 0 Å². The first-order valence-electron chi connectivity index (χ1n) is 6.39. The molecule has 18 heavy (non-hydrogen) atoms. The molecule has 0 saturated carbocycles. The molecule has 0 amide bonds. The highest BCUT2D eigenvalue weighted by atomic mass is 15.1. The van der Waals surface area contributed by atoms with Crippen LogP contribution in [0.3, 0.4) is 0 Å². The van der Waals surface area contributed by atoms with E-state index in [2.05, 4.69) is 21.5 Å². The molecule has 2 aromatic heterocycles. The second-order valence-corrected chi connectivity index (χ2v) is 4.58. The number of hydrogen-bond donors (Lipinski definition) is 1. The third kappa shape index (κ3) is 2.96. The Morgan fingerprint density at radius 3 is 2.83 bits per heavy atom. The zero-order valence-corrected chi connectivity index (χ0v) is 11.0. The van der Waals surface area contributed by atoms with Crippen LogP contribution in [0, 0.1) is 6.92 Å². The summed E-state index contributed by atoms with van der Waals surface area (Å²) in [6, 6.07) is 3.99. The summed E-state index contributed by atoms with van der Waals surface area (Å²) in [6.07, 6.45) is 7.56. The van der Waals surface area contributed by atoms with Gasteiger partial charge in [0, 0.05) is 43.3 Å². The second-order valence-electron chi connectivity index (χ2n) is 4.58. The number of pyridine rings is 1. The van der Waals surface area contributed by atoms with Crippen LogP contribution in [0.25, 0.3) is 0 Å². The highest BCUT2D eigenvalue weighted by molar-refractivity contribution is 5.18. The van der Waals surface area contributed by atoms with E-state index in [1.54, 1.807) is 0 Å². The molecule has 0 aliphatic carbocycles. The van der Waals surface area contributed by atoms with Crippen molar-refractivity contribution in [3.63, 3.8) is 0 Å². The molecule has 0 saturated heterocycles. The van der Waals surface area contributed by atoms with Crippen LogP contribution >= 0.6 is 0 Å². The van der Waals surface area contributed by atoms with E-state index in [0.717, 1.165) is 36.5 Å². The lowest BCUT2D eigenvalue weighted by molar-refractivity contribution is 0.598. The second kappa shape index (κ2) is 5.78. The number of nitrogens with two attached hydrogens (primary N) is 1. The summed E-state index contributed by atoms with van der Waals surface area (Å²) in [4.78, 5) is 8.66. The molecule has 0 aliphatic rings. The lowest BCUT2D eigenvalue weighted by atomic mass is 10.1. The predicted molar refractivity (Wildman–Crippen MR) is 72.1 cm³/mol. The van der Waals surface area contributed by atoms with Gasteiger partial charge in [0.2, 0.25) is 0 Å². The Morgan fingerprint density at radius 1 is 1.33 bits per heavy atom. The van der Waals surface area contributed by atoms with Gasteiger partial charge in [-0.25, -0.2) is 4.98 Å². The predicted octanol–water partition coefficient (Wildman–Crippen LogP) is 2.24. The molecule has 2 rings (SSSR count). The van der Waals surface area contributed by atoms with Crippen LogP contribution in [0.15, 0.2) is 30.7 Å². The van der Waals surface area contributed by atoms with Gasteiger partial charge in [-0.15, -0.1) is 0 Å². The van der Waals surface area contributed by atoms with Gasteiger partial charge in [-0.05, 0) is 25.0 Å². The van der Waals surface area contributed by atoms with Crippen molar-refractivity contribution in [1.29, 1.82) is 0 Å². The third-order valence-corrected chi connectivity index (χ3v) is 3.03. The van der Waals surface area contributed by atoms with E-state index in [0.29, 0.717) is 0 Å². The number of hydrogen-bond acceptors (Lipinski definition) is 3. The zero-order valence-electron chi connectivity index (χ0n) is 11.0. The highest BCUT2D eigenvalue weighted by Gasteiger charge is 2.11. The van der Waals surface area contributed by atoms with Crippen molar-refractivity contribution in [3.8, 4) is 0 Å².